The fourth-order valence-corrected chi connectivity index (χ4v) is 3.12. The molecule has 2 amide bonds. The third-order valence-electron chi connectivity index (χ3n) is 3.53. The number of carbonyl (C=O) groups is 1. The quantitative estimate of drug-likeness (QED) is 0.857. The van der Waals surface area contributed by atoms with Crippen molar-refractivity contribution in [1.82, 2.24) is 4.90 Å². The van der Waals surface area contributed by atoms with Crippen LogP contribution in [-0.4, -0.2) is 39.8 Å². The number of hydrogen-bond donors (Lipinski definition) is 1. The van der Waals surface area contributed by atoms with Gasteiger partial charge in [-0.1, -0.05) is 24.3 Å². The molecule has 0 bridgehead atoms. The second kappa shape index (κ2) is 8.02. The Balaban J connectivity index is 1.99. The largest absolute Gasteiger partial charge is 0.497 e. The number of nitrogens with zero attached hydrogens (tertiary/aromatic N) is 1. The van der Waals surface area contributed by atoms with Gasteiger partial charge in [0.2, 0.25) is 0 Å². The van der Waals surface area contributed by atoms with Gasteiger partial charge in [0.05, 0.1) is 12.9 Å². The predicted molar refractivity (Wildman–Crippen MR) is 98.5 cm³/mol. The molecule has 2 rings (SSSR count). The molecule has 134 valence electrons. The molecule has 0 heterocycles. The molecule has 1 N–H and O–H groups in total. The number of hydrogen-bond acceptors (Lipinski definition) is 4. The molecule has 0 spiro atoms. The number of nitrogens with one attached hydrogen (secondary N) is 1. The van der Waals surface area contributed by atoms with Gasteiger partial charge in [-0.25, -0.2) is 13.2 Å². The second-order valence-electron chi connectivity index (χ2n) is 5.90. The molecule has 0 aliphatic carbocycles. The lowest BCUT2D eigenvalue weighted by molar-refractivity contribution is 0.220. The fourth-order valence-electron chi connectivity index (χ4n) is 2.34. The summed E-state index contributed by atoms with van der Waals surface area (Å²) in [6, 6.07) is 14.0. The lowest BCUT2D eigenvalue weighted by Gasteiger charge is -2.18. The molecule has 6 nitrogen and oxygen atoms in total. The number of rotatable bonds is 6. The smallest absolute Gasteiger partial charge is 0.321 e. The number of ether oxygens (including phenoxy) is 1. The van der Waals surface area contributed by atoms with Crippen molar-refractivity contribution in [3.8, 4) is 5.75 Å². The van der Waals surface area contributed by atoms with E-state index in [0.29, 0.717) is 17.8 Å². The summed E-state index contributed by atoms with van der Waals surface area (Å²) in [5.41, 5.74) is 2.18. The molecule has 2 aromatic rings. The van der Waals surface area contributed by atoms with E-state index in [0.717, 1.165) is 11.3 Å². The fraction of sp³-hybridized carbons (Fsp3) is 0.278. The highest BCUT2D eigenvalue weighted by Crippen LogP contribution is 2.15. The minimum Gasteiger partial charge on any atom is -0.497 e. The SMILES string of the molecule is COc1ccc(CN(C)C(=O)Nc2cccc(CS(C)(=O)=O)c2)cc1. The molecule has 0 atom stereocenters. The van der Waals surface area contributed by atoms with Crippen LogP contribution in [-0.2, 0) is 22.1 Å². The summed E-state index contributed by atoms with van der Waals surface area (Å²) in [4.78, 5) is 13.9. The van der Waals surface area contributed by atoms with Crippen molar-refractivity contribution in [3.63, 3.8) is 0 Å². The van der Waals surface area contributed by atoms with Gasteiger partial charge in [-0.2, -0.15) is 0 Å². The van der Waals surface area contributed by atoms with E-state index in [1.165, 1.54) is 6.26 Å². The zero-order valence-electron chi connectivity index (χ0n) is 14.5. The van der Waals surface area contributed by atoms with Crippen molar-refractivity contribution < 1.29 is 17.9 Å². The van der Waals surface area contributed by atoms with Crippen LogP contribution in [0.3, 0.4) is 0 Å². The van der Waals surface area contributed by atoms with E-state index in [4.69, 9.17) is 4.74 Å². The number of anilines is 1. The molecule has 7 heteroatoms. The topological polar surface area (TPSA) is 75.7 Å². The van der Waals surface area contributed by atoms with Crippen LogP contribution in [0.25, 0.3) is 0 Å². The van der Waals surface area contributed by atoms with Gasteiger partial charge in [-0.15, -0.1) is 0 Å². The van der Waals surface area contributed by atoms with E-state index in [2.05, 4.69) is 5.32 Å². The molecular weight excluding hydrogens is 340 g/mol. The van der Waals surface area contributed by atoms with Crippen LogP contribution in [0.5, 0.6) is 5.75 Å². The predicted octanol–water partition coefficient (Wildman–Crippen LogP) is 2.90. The maximum atomic E-state index is 12.3. The molecule has 0 unspecified atom stereocenters. The maximum Gasteiger partial charge on any atom is 0.321 e. The summed E-state index contributed by atoms with van der Waals surface area (Å²) in [6.45, 7) is 0.443. The van der Waals surface area contributed by atoms with Crippen LogP contribution in [0.15, 0.2) is 48.5 Å². The summed E-state index contributed by atoms with van der Waals surface area (Å²) >= 11 is 0. The third kappa shape index (κ3) is 6.11. The highest BCUT2D eigenvalue weighted by molar-refractivity contribution is 7.89. The van der Waals surface area contributed by atoms with Gasteiger partial charge >= 0.3 is 6.03 Å². The maximum absolute atomic E-state index is 12.3. The molecule has 2 aromatic carbocycles. The molecule has 0 radical (unpaired) electrons. The van der Waals surface area contributed by atoms with Crippen molar-refractivity contribution in [2.75, 3.05) is 25.7 Å². The molecule has 0 aliphatic rings. The normalized spacial score (nSPS) is 11.0. The van der Waals surface area contributed by atoms with Crippen LogP contribution in [0.1, 0.15) is 11.1 Å². The lowest BCUT2D eigenvalue weighted by atomic mass is 10.2. The molecule has 0 saturated carbocycles. The Labute approximate surface area is 148 Å². The summed E-state index contributed by atoms with van der Waals surface area (Å²) in [6.07, 6.45) is 1.18. The Bertz CT molecular complexity index is 832. The van der Waals surface area contributed by atoms with Crippen LogP contribution < -0.4 is 10.1 Å². The van der Waals surface area contributed by atoms with Gasteiger partial charge in [0.1, 0.15) is 5.75 Å². The zero-order chi connectivity index (χ0) is 18.4. The van der Waals surface area contributed by atoms with Gasteiger partial charge in [-0.05, 0) is 35.4 Å². The molecule has 0 saturated heterocycles. The van der Waals surface area contributed by atoms with E-state index in [1.807, 2.05) is 24.3 Å². The van der Waals surface area contributed by atoms with Crippen molar-refractivity contribution in [3.05, 3.63) is 59.7 Å². The molecule has 25 heavy (non-hydrogen) atoms. The van der Waals surface area contributed by atoms with Crippen molar-refractivity contribution >= 4 is 21.6 Å². The van der Waals surface area contributed by atoms with Crippen LogP contribution in [0.2, 0.25) is 0 Å². The molecule has 0 fully saturated rings. The highest BCUT2D eigenvalue weighted by Gasteiger charge is 2.11. The first kappa shape index (κ1) is 18.8. The molecular formula is C18H22N2O4S. The first-order valence-electron chi connectivity index (χ1n) is 7.68. The van der Waals surface area contributed by atoms with E-state index in [1.54, 1.807) is 43.3 Å². The van der Waals surface area contributed by atoms with Crippen LogP contribution in [0.4, 0.5) is 10.5 Å². The second-order valence-corrected chi connectivity index (χ2v) is 8.04. The number of methoxy groups -OCH3 is 1. The number of amides is 2. The van der Waals surface area contributed by atoms with Gasteiger partial charge in [-0.3, -0.25) is 0 Å². The standard InChI is InChI=1S/C18H22N2O4S/c1-20(12-14-7-9-17(24-2)10-8-14)18(21)19-16-6-4-5-15(11-16)13-25(3,22)23/h4-11H,12-13H2,1-3H3,(H,19,21). The summed E-state index contributed by atoms with van der Waals surface area (Å²) in [7, 11) is 0.179. The Morgan fingerprint density at radius 1 is 1.12 bits per heavy atom. The number of urea groups is 1. The number of carbonyl (C=O) groups excluding carboxylic acids is 1. The van der Waals surface area contributed by atoms with E-state index < -0.39 is 9.84 Å². The third-order valence-corrected chi connectivity index (χ3v) is 4.39. The van der Waals surface area contributed by atoms with Crippen LogP contribution >= 0.6 is 0 Å². The van der Waals surface area contributed by atoms with E-state index in [-0.39, 0.29) is 11.8 Å². The average Bonchev–Trinajstić information content (AvgIpc) is 2.54. The first-order chi connectivity index (χ1) is 11.8. The molecule has 0 aliphatic heterocycles. The zero-order valence-corrected chi connectivity index (χ0v) is 15.3. The molecule has 0 aromatic heterocycles. The van der Waals surface area contributed by atoms with Gasteiger partial charge in [0, 0.05) is 25.5 Å². The Morgan fingerprint density at radius 2 is 1.80 bits per heavy atom. The first-order valence-corrected chi connectivity index (χ1v) is 9.74. The summed E-state index contributed by atoms with van der Waals surface area (Å²) in [5.74, 6) is 0.705. The number of sulfone groups is 1. The van der Waals surface area contributed by atoms with Gasteiger partial charge in [0.15, 0.2) is 9.84 Å². The minimum absolute atomic E-state index is 0.0571. The van der Waals surface area contributed by atoms with Crippen molar-refractivity contribution in [2.45, 2.75) is 12.3 Å². The van der Waals surface area contributed by atoms with E-state index >= 15 is 0 Å². The minimum atomic E-state index is -3.12. The van der Waals surface area contributed by atoms with E-state index in [9.17, 15) is 13.2 Å². The van der Waals surface area contributed by atoms with Gasteiger partial charge < -0.3 is 15.0 Å². The van der Waals surface area contributed by atoms with Gasteiger partial charge in [0.25, 0.3) is 0 Å². The highest BCUT2D eigenvalue weighted by atomic mass is 32.2. The average molecular weight is 362 g/mol. The number of benzene rings is 2. The van der Waals surface area contributed by atoms with Crippen molar-refractivity contribution in [1.29, 1.82) is 0 Å². The Morgan fingerprint density at radius 3 is 2.40 bits per heavy atom. The Kier molecular flexibility index (Phi) is 6.03. The summed E-state index contributed by atoms with van der Waals surface area (Å²) < 4.78 is 27.9. The Hall–Kier alpha value is -2.54. The monoisotopic (exact) mass is 362 g/mol. The lowest BCUT2D eigenvalue weighted by Crippen LogP contribution is -2.30. The van der Waals surface area contributed by atoms with Crippen LogP contribution in [0, 0.1) is 0 Å². The van der Waals surface area contributed by atoms with Crippen molar-refractivity contribution in [2.24, 2.45) is 0 Å². The summed E-state index contributed by atoms with van der Waals surface area (Å²) in [5, 5.41) is 2.78.